The molecule has 1 unspecified atom stereocenters. The molecule has 0 bridgehead atoms. The van der Waals surface area contributed by atoms with Gasteiger partial charge in [-0.2, -0.15) is 0 Å². The number of carbonyl (C=O) groups is 2. The molecule has 0 amide bonds. The molecule has 7 atom stereocenters. The molecule has 2 fully saturated rings. The number of aliphatic hydroxyl groups is 2. The van der Waals surface area contributed by atoms with Crippen LogP contribution in [0.15, 0.2) is 11.5 Å². The van der Waals surface area contributed by atoms with Crippen molar-refractivity contribution < 1.29 is 33.7 Å². The van der Waals surface area contributed by atoms with Crippen LogP contribution in [0.5, 0.6) is 0 Å². The summed E-state index contributed by atoms with van der Waals surface area (Å²) < 4.78 is 26.5. The molecule has 36 heavy (non-hydrogen) atoms. The molecule has 2 saturated heterocycles. The third-order valence-electron chi connectivity index (χ3n) is 7.89. The van der Waals surface area contributed by atoms with Crippen LogP contribution in [0.4, 0.5) is 4.39 Å². The molecular weight excluding hydrogens is 485 g/mol. The third kappa shape index (κ3) is 6.60. The van der Waals surface area contributed by atoms with Gasteiger partial charge in [-0.05, 0) is 45.1 Å². The average molecular weight is 526 g/mol. The molecule has 2 aliphatic heterocycles. The number of cyclic esters (lactones) is 1. The van der Waals surface area contributed by atoms with E-state index in [1.54, 1.807) is 26.2 Å². The van der Waals surface area contributed by atoms with Gasteiger partial charge in [0.2, 0.25) is 0 Å². The molecule has 0 spiro atoms. The van der Waals surface area contributed by atoms with Crippen molar-refractivity contribution in [1.82, 2.24) is 4.98 Å². The molecule has 2 N–H and O–H groups in total. The van der Waals surface area contributed by atoms with Crippen molar-refractivity contribution in [3.63, 3.8) is 0 Å². The van der Waals surface area contributed by atoms with Gasteiger partial charge in [-0.15, -0.1) is 11.3 Å². The number of hydrogen-bond donors (Lipinski definition) is 2. The van der Waals surface area contributed by atoms with Crippen LogP contribution in [-0.2, 0) is 19.1 Å². The first kappa shape index (κ1) is 28.9. The van der Waals surface area contributed by atoms with Crippen molar-refractivity contribution in [3.05, 3.63) is 22.2 Å². The summed E-state index contributed by atoms with van der Waals surface area (Å²) in [6.45, 7) is 10.7. The first-order valence-corrected chi connectivity index (χ1v) is 13.7. The largest absolute Gasteiger partial charge is 0.458 e. The fourth-order valence-electron chi connectivity index (χ4n) is 5.09. The highest BCUT2D eigenvalue weighted by Crippen LogP contribution is 2.44. The van der Waals surface area contributed by atoms with Crippen molar-refractivity contribution in [1.29, 1.82) is 0 Å². The monoisotopic (exact) mass is 525 g/mol. The number of esters is 1. The molecule has 7 nitrogen and oxygen atoms in total. The van der Waals surface area contributed by atoms with Gasteiger partial charge >= 0.3 is 5.97 Å². The fraction of sp³-hybridized carbons (Fsp3) is 0.741. The number of thiazole rings is 1. The third-order valence-corrected chi connectivity index (χ3v) is 8.67. The van der Waals surface area contributed by atoms with E-state index in [1.807, 2.05) is 20.8 Å². The second kappa shape index (κ2) is 11.4. The standard InChI is InChI=1S/C27H40FNO6S/c1-7-18-24(32)15(2)9-8-10-27(6)22(35-27)12-17(11-19(28)20-14-36-16(3)29-20)34-23(31)13-21(30)26(4,5)25(18)33/h11,14-15,17-18,21-22,24,30,32H,7-10,12-13H2,1-6H3/b19-11-/t15-,17-,18-,21+,22+,24?,27-/m1/s1. The number of aliphatic hydroxyl groups excluding tert-OH is 2. The second-order valence-electron chi connectivity index (χ2n) is 11.1. The van der Waals surface area contributed by atoms with E-state index in [2.05, 4.69) is 4.98 Å². The van der Waals surface area contributed by atoms with Gasteiger partial charge in [0.15, 0.2) is 0 Å². The molecule has 1 aromatic heterocycles. The van der Waals surface area contributed by atoms with E-state index >= 15 is 0 Å². The van der Waals surface area contributed by atoms with Gasteiger partial charge in [-0.3, -0.25) is 9.59 Å². The zero-order chi connectivity index (χ0) is 26.8. The highest BCUT2D eigenvalue weighted by Gasteiger charge is 2.52. The number of halogens is 1. The lowest BCUT2D eigenvalue weighted by molar-refractivity contribution is -0.154. The Bertz CT molecular complexity index is 977. The maximum Gasteiger partial charge on any atom is 0.309 e. The first-order valence-electron chi connectivity index (χ1n) is 12.9. The van der Waals surface area contributed by atoms with Crippen LogP contribution in [0.1, 0.15) is 83.8 Å². The van der Waals surface area contributed by atoms with E-state index in [9.17, 15) is 24.2 Å². The number of ether oxygens (including phenoxy) is 2. The molecule has 0 aliphatic carbocycles. The van der Waals surface area contributed by atoms with Gasteiger partial charge in [0, 0.05) is 17.7 Å². The minimum Gasteiger partial charge on any atom is -0.458 e. The van der Waals surface area contributed by atoms with Crippen LogP contribution in [0, 0.1) is 24.2 Å². The van der Waals surface area contributed by atoms with Crippen LogP contribution in [0.25, 0.3) is 5.83 Å². The molecule has 2 aliphatic rings. The Labute approximate surface area is 217 Å². The minimum atomic E-state index is -1.32. The van der Waals surface area contributed by atoms with Crippen molar-refractivity contribution >= 4 is 28.9 Å². The summed E-state index contributed by atoms with van der Waals surface area (Å²) in [6, 6.07) is 0. The van der Waals surface area contributed by atoms with E-state index in [0.717, 1.165) is 24.3 Å². The number of Topliss-reactive ketones (excluding diaryl/α,β-unsaturated/α-hetero) is 1. The van der Waals surface area contributed by atoms with Crippen LogP contribution >= 0.6 is 11.3 Å². The molecule has 1 aromatic rings. The maximum absolute atomic E-state index is 14.9. The smallest absolute Gasteiger partial charge is 0.309 e. The highest BCUT2D eigenvalue weighted by molar-refractivity contribution is 7.09. The van der Waals surface area contributed by atoms with Gasteiger partial charge in [-0.1, -0.05) is 34.1 Å². The van der Waals surface area contributed by atoms with Crippen molar-refractivity contribution in [2.24, 2.45) is 17.3 Å². The SMILES string of the molecule is CC[C@H]1C(=O)C(C)(C)[C@@H](O)CC(=O)O[C@H](/C=C(\F)c2csc(C)n2)C[C@@H]2O[C@]2(C)CCC[C@@H](C)C1O. The number of rotatable bonds is 3. The van der Waals surface area contributed by atoms with Crippen molar-refractivity contribution in [3.8, 4) is 0 Å². The molecule has 0 saturated carbocycles. The van der Waals surface area contributed by atoms with Crippen LogP contribution < -0.4 is 0 Å². The average Bonchev–Trinajstić information content (AvgIpc) is 3.20. The number of hydrogen-bond acceptors (Lipinski definition) is 8. The van der Waals surface area contributed by atoms with E-state index in [1.165, 1.54) is 17.4 Å². The van der Waals surface area contributed by atoms with E-state index in [4.69, 9.17) is 9.47 Å². The predicted octanol–water partition coefficient (Wildman–Crippen LogP) is 4.77. The van der Waals surface area contributed by atoms with Gasteiger partial charge < -0.3 is 19.7 Å². The van der Waals surface area contributed by atoms with Crippen LogP contribution in [0.2, 0.25) is 0 Å². The number of aromatic nitrogens is 1. The predicted molar refractivity (Wildman–Crippen MR) is 136 cm³/mol. The van der Waals surface area contributed by atoms with Crippen LogP contribution in [0.3, 0.4) is 0 Å². The minimum absolute atomic E-state index is 0.114. The first-order chi connectivity index (χ1) is 16.8. The quantitative estimate of drug-likeness (QED) is 0.432. The van der Waals surface area contributed by atoms with Gasteiger partial charge in [0.05, 0.1) is 40.8 Å². The Hall–Kier alpha value is -1.68. The van der Waals surface area contributed by atoms with Crippen LogP contribution in [-0.4, -0.2) is 57.0 Å². The lowest BCUT2D eigenvalue weighted by Crippen LogP contribution is -2.46. The molecule has 0 radical (unpaired) electrons. The summed E-state index contributed by atoms with van der Waals surface area (Å²) in [4.78, 5) is 30.4. The zero-order valence-corrected chi connectivity index (χ0v) is 22.9. The number of aryl methyl sites for hydroxylation is 1. The molecule has 0 aromatic carbocycles. The normalized spacial score (nSPS) is 36.8. The number of carbonyl (C=O) groups excluding carboxylic acids is 2. The molecule has 202 valence electrons. The summed E-state index contributed by atoms with van der Waals surface area (Å²) in [5.74, 6) is -2.37. The zero-order valence-electron chi connectivity index (χ0n) is 22.1. The van der Waals surface area contributed by atoms with Gasteiger partial charge in [0.1, 0.15) is 23.4 Å². The summed E-state index contributed by atoms with van der Waals surface area (Å²) in [6.07, 6.45) is 0.474. The number of nitrogens with zero attached hydrogens (tertiary/aromatic N) is 1. The van der Waals surface area contributed by atoms with Gasteiger partial charge in [-0.25, -0.2) is 9.37 Å². The Kier molecular flexibility index (Phi) is 9.13. The molecular formula is C27H40FNO6S. The number of epoxide rings is 1. The molecule has 3 heterocycles. The maximum atomic E-state index is 14.9. The second-order valence-corrected chi connectivity index (χ2v) is 12.2. The van der Waals surface area contributed by atoms with E-state index in [0.29, 0.717) is 6.42 Å². The number of fused-ring (bicyclic) bond motifs is 1. The lowest BCUT2D eigenvalue weighted by atomic mass is 9.71. The summed E-state index contributed by atoms with van der Waals surface area (Å²) in [5.41, 5.74) is -1.51. The highest BCUT2D eigenvalue weighted by atomic mass is 32.1. The summed E-state index contributed by atoms with van der Waals surface area (Å²) >= 11 is 1.33. The summed E-state index contributed by atoms with van der Waals surface area (Å²) in [7, 11) is 0. The fourth-order valence-corrected chi connectivity index (χ4v) is 5.69. The Morgan fingerprint density at radius 3 is 2.61 bits per heavy atom. The Morgan fingerprint density at radius 2 is 2.00 bits per heavy atom. The topological polar surface area (TPSA) is 109 Å². The van der Waals surface area contributed by atoms with E-state index < -0.39 is 53.5 Å². The molecule has 9 heteroatoms. The van der Waals surface area contributed by atoms with Crippen molar-refractivity contribution in [2.75, 3.05) is 0 Å². The lowest BCUT2D eigenvalue weighted by Gasteiger charge is -2.35. The Balaban J connectivity index is 1.87. The van der Waals surface area contributed by atoms with E-state index in [-0.39, 0.29) is 29.9 Å². The molecule has 3 rings (SSSR count). The number of ketones is 1. The Morgan fingerprint density at radius 1 is 1.31 bits per heavy atom. The van der Waals surface area contributed by atoms with Gasteiger partial charge in [0.25, 0.3) is 0 Å². The summed E-state index contributed by atoms with van der Waals surface area (Å²) in [5, 5.41) is 24.2. The van der Waals surface area contributed by atoms with Crippen molar-refractivity contribution in [2.45, 2.75) is 110 Å².